The molecule has 1 aliphatic rings. The zero-order chi connectivity index (χ0) is 17.9. The lowest BCUT2D eigenvalue weighted by Gasteiger charge is -2.23. The maximum absolute atomic E-state index is 4.60. The third-order valence-corrected chi connectivity index (χ3v) is 5.77. The van der Waals surface area contributed by atoms with E-state index in [1.54, 1.807) is 0 Å². The van der Waals surface area contributed by atoms with Gasteiger partial charge in [0, 0.05) is 21.7 Å². The van der Waals surface area contributed by atoms with Crippen molar-refractivity contribution < 1.29 is 0 Å². The van der Waals surface area contributed by atoms with Crippen molar-refractivity contribution in [3.05, 3.63) is 64.3 Å². The van der Waals surface area contributed by atoms with Crippen LogP contribution in [-0.2, 0) is 6.42 Å². The van der Waals surface area contributed by atoms with Gasteiger partial charge in [0.25, 0.3) is 0 Å². The Morgan fingerprint density at radius 1 is 1.12 bits per heavy atom. The molecule has 0 radical (unpaired) electrons. The molecule has 3 nitrogen and oxygen atoms in total. The van der Waals surface area contributed by atoms with Crippen LogP contribution in [0.4, 0.5) is 11.4 Å². The van der Waals surface area contributed by atoms with Gasteiger partial charge in [0.2, 0.25) is 0 Å². The van der Waals surface area contributed by atoms with Gasteiger partial charge in [-0.3, -0.25) is 4.98 Å². The molecule has 1 saturated heterocycles. The summed E-state index contributed by atoms with van der Waals surface area (Å²) in [6, 6.07) is 15.2. The predicted molar refractivity (Wildman–Crippen MR) is 113 cm³/mol. The average Bonchev–Trinajstić information content (AvgIpc) is 2.69. The lowest BCUT2D eigenvalue weighted by atomic mass is 9.90. The van der Waals surface area contributed by atoms with Crippen molar-refractivity contribution in [1.29, 1.82) is 0 Å². The number of halogens is 1. The van der Waals surface area contributed by atoms with Crippen LogP contribution in [0.25, 0.3) is 10.9 Å². The highest BCUT2D eigenvalue weighted by Crippen LogP contribution is 2.32. The minimum absolute atomic E-state index is 0.689. The number of piperidine rings is 1. The summed E-state index contributed by atoms with van der Waals surface area (Å²) in [5.74, 6) is 0.689. The van der Waals surface area contributed by atoms with Gasteiger partial charge in [-0.15, -0.1) is 0 Å². The average molecular weight is 410 g/mol. The molecule has 4 rings (SSSR count). The zero-order valence-corrected chi connectivity index (χ0v) is 16.6. The Hall–Kier alpha value is -1.91. The van der Waals surface area contributed by atoms with Crippen molar-refractivity contribution in [2.75, 3.05) is 18.4 Å². The molecular formula is C22H24BrN3. The molecule has 2 heterocycles. The molecule has 1 aromatic heterocycles. The summed E-state index contributed by atoms with van der Waals surface area (Å²) in [4.78, 5) is 4.60. The summed E-state index contributed by atoms with van der Waals surface area (Å²) in [5, 5.41) is 8.25. The number of fused-ring (bicyclic) bond motifs is 1. The van der Waals surface area contributed by atoms with E-state index >= 15 is 0 Å². The number of benzene rings is 2. The van der Waals surface area contributed by atoms with Gasteiger partial charge in [-0.1, -0.05) is 35.0 Å². The minimum Gasteiger partial charge on any atom is -0.355 e. The van der Waals surface area contributed by atoms with E-state index in [2.05, 4.69) is 74.9 Å². The summed E-state index contributed by atoms with van der Waals surface area (Å²) in [6.45, 7) is 4.43. The first kappa shape index (κ1) is 17.5. The van der Waals surface area contributed by atoms with E-state index in [4.69, 9.17) is 0 Å². The fourth-order valence-electron chi connectivity index (χ4n) is 3.76. The Morgan fingerprint density at radius 3 is 2.62 bits per heavy atom. The van der Waals surface area contributed by atoms with Crippen LogP contribution >= 0.6 is 15.9 Å². The van der Waals surface area contributed by atoms with E-state index in [1.165, 1.54) is 24.0 Å². The number of hydrogen-bond acceptors (Lipinski definition) is 3. The largest absolute Gasteiger partial charge is 0.355 e. The van der Waals surface area contributed by atoms with Gasteiger partial charge in [-0.05, 0) is 79.7 Å². The molecule has 0 spiro atoms. The van der Waals surface area contributed by atoms with Crippen molar-refractivity contribution in [3.63, 3.8) is 0 Å². The van der Waals surface area contributed by atoms with E-state index in [1.807, 2.05) is 12.3 Å². The smallest absolute Gasteiger partial charge is 0.0723 e. The van der Waals surface area contributed by atoms with Crippen molar-refractivity contribution >= 4 is 38.2 Å². The number of pyridine rings is 1. The second-order valence-corrected chi connectivity index (χ2v) is 7.86. The lowest BCUT2D eigenvalue weighted by Crippen LogP contribution is -2.26. The molecule has 0 bridgehead atoms. The fourth-order valence-corrected chi connectivity index (χ4v) is 4.12. The minimum atomic E-state index is 0.689. The molecule has 1 fully saturated rings. The molecule has 2 N–H and O–H groups in total. The molecule has 4 heteroatoms. The number of rotatable bonds is 4. The van der Waals surface area contributed by atoms with E-state index in [-0.39, 0.29) is 0 Å². The van der Waals surface area contributed by atoms with E-state index in [9.17, 15) is 0 Å². The van der Waals surface area contributed by atoms with Gasteiger partial charge in [-0.2, -0.15) is 0 Å². The highest BCUT2D eigenvalue weighted by atomic mass is 79.9. The molecule has 0 amide bonds. The first-order chi connectivity index (χ1) is 12.7. The lowest BCUT2D eigenvalue weighted by molar-refractivity contribution is 0.460. The Kier molecular flexibility index (Phi) is 5.23. The van der Waals surface area contributed by atoms with E-state index in [0.29, 0.717) is 5.92 Å². The zero-order valence-electron chi connectivity index (χ0n) is 15.1. The molecule has 26 heavy (non-hydrogen) atoms. The highest BCUT2D eigenvalue weighted by Gasteiger charge is 2.15. The summed E-state index contributed by atoms with van der Waals surface area (Å²) in [7, 11) is 0. The van der Waals surface area contributed by atoms with Crippen LogP contribution in [0, 0.1) is 0 Å². The summed E-state index contributed by atoms with van der Waals surface area (Å²) in [5.41, 5.74) is 5.99. The first-order valence-corrected chi connectivity index (χ1v) is 10.2. The fraction of sp³-hybridized carbons (Fsp3) is 0.318. The first-order valence-electron chi connectivity index (χ1n) is 9.39. The maximum atomic E-state index is 4.60. The second kappa shape index (κ2) is 7.77. The Labute approximate surface area is 163 Å². The molecule has 3 aromatic rings. The van der Waals surface area contributed by atoms with Crippen LogP contribution in [0.1, 0.15) is 36.8 Å². The van der Waals surface area contributed by atoms with Crippen LogP contribution in [0.2, 0.25) is 0 Å². The molecule has 0 unspecified atom stereocenters. The highest BCUT2D eigenvalue weighted by molar-refractivity contribution is 9.10. The van der Waals surface area contributed by atoms with Crippen molar-refractivity contribution in [3.8, 4) is 0 Å². The monoisotopic (exact) mass is 409 g/mol. The molecule has 1 aliphatic heterocycles. The standard InChI is InChI=1S/C22H24BrN3/c1-2-15-14-25-21-8-5-18(23)13-20(21)22(15)26-19-6-3-16(4-7-19)17-9-11-24-12-10-17/h3-8,13-14,17,24H,2,9-12H2,1H3,(H,25,26). The topological polar surface area (TPSA) is 37.0 Å². The van der Waals surface area contributed by atoms with Gasteiger partial charge in [-0.25, -0.2) is 0 Å². The second-order valence-electron chi connectivity index (χ2n) is 6.94. The van der Waals surface area contributed by atoms with Crippen LogP contribution < -0.4 is 10.6 Å². The van der Waals surface area contributed by atoms with Crippen LogP contribution in [0.5, 0.6) is 0 Å². The normalized spacial score (nSPS) is 15.3. The van der Waals surface area contributed by atoms with Gasteiger partial charge < -0.3 is 10.6 Å². The van der Waals surface area contributed by atoms with Gasteiger partial charge in [0.15, 0.2) is 0 Å². The Bertz CT molecular complexity index is 899. The van der Waals surface area contributed by atoms with Crippen LogP contribution in [-0.4, -0.2) is 18.1 Å². The predicted octanol–water partition coefficient (Wildman–Crippen LogP) is 5.77. The number of aryl methyl sites for hydroxylation is 1. The summed E-state index contributed by atoms with van der Waals surface area (Å²) < 4.78 is 1.07. The molecule has 0 saturated carbocycles. The number of hydrogen-bond donors (Lipinski definition) is 2. The van der Waals surface area contributed by atoms with Gasteiger partial charge in [0.05, 0.1) is 11.2 Å². The summed E-state index contributed by atoms with van der Waals surface area (Å²) >= 11 is 3.59. The van der Waals surface area contributed by atoms with E-state index < -0.39 is 0 Å². The van der Waals surface area contributed by atoms with Gasteiger partial charge in [0.1, 0.15) is 0 Å². The van der Waals surface area contributed by atoms with Crippen molar-refractivity contribution in [2.24, 2.45) is 0 Å². The quantitative estimate of drug-likeness (QED) is 0.573. The Morgan fingerprint density at radius 2 is 1.88 bits per heavy atom. The third-order valence-electron chi connectivity index (χ3n) is 5.28. The van der Waals surface area contributed by atoms with E-state index in [0.717, 1.165) is 46.3 Å². The third kappa shape index (κ3) is 3.62. The molecule has 134 valence electrons. The van der Waals surface area contributed by atoms with Crippen molar-refractivity contribution in [1.82, 2.24) is 10.3 Å². The van der Waals surface area contributed by atoms with Crippen LogP contribution in [0.3, 0.4) is 0 Å². The SMILES string of the molecule is CCc1cnc2ccc(Br)cc2c1Nc1ccc(C2CCNCC2)cc1. The number of aromatic nitrogens is 1. The van der Waals surface area contributed by atoms with Crippen LogP contribution in [0.15, 0.2) is 53.1 Å². The molecule has 0 aliphatic carbocycles. The maximum Gasteiger partial charge on any atom is 0.0723 e. The number of anilines is 2. The number of nitrogens with one attached hydrogen (secondary N) is 2. The molecule has 2 aromatic carbocycles. The van der Waals surface area contributed by atoms with Gasteiger partial charge >= 0.3 is 0 Å². The number of nitrogens with zero attached hydrogens (tertiary/aromatic N) is 1. The molecular weight excluding hydrogens is 386 g/mol. The van der Waals surface area contributed by atoms with Crippen molar-refractivity contribution in [2.45, 2.75) is 32.1 Å². The Balaban J connectivity index is 1.65. The molecule has 0 atom stereocenters. The summed E-state index contributed by atoms with van der Waals surface area (Å²) in [6.07, 6.45) is 5.40.